The molecule has 3 nitrogen and oxygen atoms in total. The van der Waals surface area contributed by atoms with Crippen LogP contribution in [-0.4, -0.2) is 37.2 Å². The lowest BCUT2D eigenvalue weighted by Crippen LogP contribution is -2.65. The predicted molar refractivity (Wildman–Crippen MR) is 154 cm³/mol. The van der Waals surface area contributed by atoms with Gasteiger partial charge in [0.25, 0.3) is 0 Å². The standard InChI is InChI=1S/C33H48F3O3P/c1-27(2)12-14-32(19-40(8,9)39)15-13-31(7)25(20(32)17-27)22(37)16-24-29(5)18-21(33(34,35)36)26(38)28(3,4)23(29)10-11-30(24,31)6/h16,18,20,23,25H,10-15,17,19H2,1-9H3/t20-,23-,25-,29-,30+,31+,32+/m0/s1. The van der Waals surface area contributed by atoms with Gasteiger partial charge in [0.15, 0.2) is 11.6 Å². The molecule has 5 rings (SSSR count). The van der Waals surface area contributed by atoms with Gasteiger partial charge in [0, 0.05) is 22.9 Å². The second-order valence-electron chi connectivity index (χ2n) is 16.7. The molecule has 0 N–H and O–H groups in total. The third kappa shape index (κ3) is 4.07. The highest BCUT2D eigenvalue weighted by atomic mass is 31.2. The van der Waals surface area contributed by atoms with Gasteiger partial charge in [-0.05, 0) is 97.8 Å². The summed E-state index contributed by atoms with van der Waals surface area (Å²) in [6.45, 7) is 17.9. The van der Waals surface area contributed by atoms with E-state index in [9.17, 15) is 27.3 Å². The monoisotopic (exact) mass is 580 g/mol. The highest BCUT2D eigenvalue weighted by Crippen LogP contribution is 2.75. The molecule has 0 unspecified atom stereocenters. The van der Waals surface area contributed by atoms with Crippen molar-refractivity contribution in [1.29, 1.82) is 0 Å². The highest BCUT2D eigenvalue weighted by molar-refractivity contribution is 7.62. The van der Waals surface area contributed by atoms with Crippen LogP contribution in [0.4, 0.5) is 13.2 Å². The SMILES string of the molecule is CC1(C)CC[C@]2(CP(C)(C)=O)CC[C@]3(C)[C@H](C(=O)C=C4[C@@]5(C)C=C(C(F)(F)F)C(=O)C(C)(C)[C@@H]5CC[C@]43C)[C@@H]2C1. The van der Waals surface area contributed by atoms with Gasteiger partial charge in [0.05, 0.1) is 12.7 Å². The van der Waals surface area contributed by atoms with Crippen molar-refractivity contribution in [3.8, 4) is 0 Å². The molecule has 0 aliphatic heterocycles. The van der Waals surface area contributed by atoms with Crippen molar-refractivity contribution in [1.82, 2.24) is 0 Å². The van der Waals surface area contributed by atoms with Crippen molar-refractivity contribution in [2.45, 2.75) is 99.6 Å². The molecule has 0 amide bonds. The Morgan fingerprint density at radius 2 is 1.52 bits per heavy atom. The Kier molecular flexibility index (Phi) is 6.42. The first kappa shape index (κ1) is 30.3. The van der Waals surface area contributed by atoms with Crippen LogP contribution in [0.5, 0.6) is 0 Å². The number of fused-ring (bicyclic) bond motifs is 7. The zero-order valence-electron chi connectivity index (χ0n) is 25.8. The molecule has 3 fully saturated rings. The van der Waals surface area contributed by atoms with Crippen molar-refractivity contribution in [2.75, 3.05) is 19.5 Å². The lowest BCUT2D eigenvalue weighted by atomic mass is 9.34. The number of hydrogen-bond donors (Lipinski definition) is 0. The van der Waals surface area contributed by atoms with Gasteiger partial charge in [-0.3, -0.25) is 9.59 Å². The number of halogens is 3. The molecule has 0 bridgehead atoms. The van der Waals surface area contributed by atoms with Crippen molar-refractivity contribution in [2.24, 2.45) is 50.2 Å². The number of allylic oxidation sites excluding steroid dienone is 4. The van der Waals surface area contributed by atoms with Crippen LogP contribution >= 0.6 is 7.14 Å². The molecule has 7 atom stereocenters. The summed E-state index contributed by atoms with van der Waals surface area (Å²) >= 11 is 0. The van der Waals surface area contributed by atoms with Crippen molar-refractivity contribution in [3.63, 3.8) is 0 Å². The Balaban J connectivity index is 1.70. The summed E-state index contributed by atoms with van der Waals surface area (Å²) < 4.78 is 56.0. The number of ketones is 2. The number of carbonyl (C=O) groups is 2. The number of carbonyl (C=O) groups excluding carboxylic acids is 2. The van der Waals surface area contributed by atoms with Gasteiger partial charge < -0.3 is 4.57 Å². The molecular weight excluding hydrogens is 532 g/mol. The van der Waals surface area contributed by atoms with Crippen LogP contribution in [0.25, 0.3) is 0 Å². The molecule has 0 heterocycles. The van der Waals surface area contributed by atoms with E-state index < -0.39 is 46.3 Å². The predicted octanol–water partition coefficient (Wildman–Crippen LogP) is 8.87. The van der Waals surface area contributed by atoms with Crippen LogP contribution in [0.2, 0.25) is 0 Å². The van der Waals surface area contributed by atoms with Crippen molar-refractivity contribution >= 4 is 18.7 Å². The summed E-state index contributed by atoms with van der Waals surface area (Å²) in [7, 11) is -2.36. The number of Topliss-reactive ketones (excluding diaryl/α,β-unsaturated/α-hetero) is 1. The van der Waals surface area contributed by atoms with Gasteiger partial charge in [-0.15, -0.1) is 0 Å². The van der Waals surface area contributed by atoms with E-state index in [0.29, 0.717) is 12.6 Å². The van der Waals surface area contributed by atoms with Gasteiger partial charge in [-0.1, -0.05) is 60.1 Å². The summed E-state index contributed by atoms with van der Waals surface area (Å²) in [6.07, 6.45) is 4.83. The molecule has 0 aromatic rings. The van der Waals surface area contributed by atoms with E-state index in [1.54, 1.807) is 19.9 Å². The van der Waals surface area contributed by atoms with Gasteiger partial charge in [0.1, 0.15) is 0 Å². The number of rotatable bonds is 2. The minimum Gasteiger partial charge on any atom is -0.324 e. The van der Waals surface area contributed by atoms with E-state index >= 15 is 0 Å². The summed E-state index contributed by atoms with van der Waals surface area (Å²) in [5.41, 5.74) is -3.47. The van der Waals surface area contributed by atoms with Crippen molar-refractivity contribution < 1.29 is 27.3 Å². The molecule has 0 spiro atoms. The molecule has 5 aliphatic carbocycles. The smallest absolute Gasteiger partial charge is 0.324 e. The van der Waals surface area contributed by atoms with Gasteiger partial charge >= 0.3 is 6.18 Å². The fourth-order valence-corrected chi connectivity index (χ4v) is 13.0. The zero-order valence-corrected chi connectivity index (χ0v) is 26.7. The molecule has 224 valence electrons. The molecule has 3 saturated carbocycles. The second kappa shape index (κ2) is 8.48. The van der Waals surface area contributed by atoms with Crippen LogP contribution in [0.15, 0.2) is 23.3 Å². The number of alkyl halides is 3. The molecular formula is C33H48F3O3P. The van der Waals surface area contributed by atoms with E-state index in [4.69, 9.17) is 0 Å². The van der Waals surface area contributed by atoms with Crippen LogP contribution in [-0.2, 0) is 14.2 Å². The Morgan fingerprint density at radius 1 is 0.925 bits per heavy atom. The van der Waals surface area contributed by atoms with Crippen LogP contribution in [0, 0.1) is 50.2 Å². The molecule has 0 saturated heterocycles. The van der Waals surface area contributed by atoms with Crippen LogP contribution in [0.3, 0.4) is 0 Å². The van der Waals surface area contributed by atoms with E-state index in [1.165, 1.54) is 6.08 Å². The normalized spacial score (nSPS) is 44.5. The van der Waals surface area contributed by atoms with Gasteiger partial charge in [-0.25, -0.2) is 0 Å². The van der Waals surface area contributed by atoms with E-state index in [1.807, 2.05) is 20.3 Å². The summed E-state index contributed by atoms with van der Waals surface area (Å²) in [5.74, 6) is -1.27. The second-order valence-corrected chi connectivity index (χ2v) is 20.2. The average Bonchev–Trinajstić information content (AvgIpc) is 2.77. The summed E-state index contributed by atoms with van der Waals surface area (Å²) in [4.78, 5) is 27.6. The number of hydrogen-bond acceptors (Lipinski definition) is 3. The first-order valence-corrected chi connectivity index (χ1v) is 17.9. The minimum absolute atomic E-state index is 0.0299. The Hall–Kier alpha value is -1.16. The Bertz CT molecular complexity index is 1270. The average molecular weight is 581 g/mol. The molecule has 7 heteroatoms. The van der Waals surface area contributed by atoms with Crippen LogP contribution in [0.1, 0.15) is 93.4 Å². The Labute approximate surface area is 238 Å². The lowest BCUT2D eigenvalue weighted by molar-refractivity contribution is -0.169. The Morgan fingerprint density at radius 3 is 2.10 bits per heavy atom. The third-order valence-corrected chi connectivity index (χ3v) is 14.3. The molecule has 0 aromatic carbocycles. The fraction of sp³-hybridized carbons (Fsp3) is 0.818. The summed E-state index contributed by atoms with van der Waals surface area (Å²) in [6, 6.07) is 0. The van der Waals surface area contributed by atoms with Gasteiger partial charge in [0.2, 0.25) is 0 Å². The maximum absolute atomic E-state index is 14.5. The van der Waals surface area contributed by atoms with E-state index in [-0.39, 0.29) is 34.4 Å². The fourth-order valence-electron chi connectivity index (χ4n) is 10.9. The molecule has 5 aliphatic rings. The van der Waals surface area contributed by atoms with E-state index in [0.717, 1.165) is 44.1 Å². The topological polar surface area (TPSA) is 51.2 Å². The molecule has 0 radical (unpaired) electrons. The maximum atomic E-state index is 14.5. The van der Waals surface area contributed by atoms with Crippen molar-refractivity contribution in [3.05, 3.63) is 23.3 Å². The first-order chi connectivity index (χ1) is 17.9. The van der Waals surface area contributed by atoms with Crippen LogP contribution < -0.4 is 0 Å². The molecule has 40 heavy (non-hydrogen) atoms. The quantitative estimate of drug-likeness (QED) is 0.307. The lowest BCUT2D eigenvalue weighted by Gasteiger charge is -2.69. The molecule has 0 aromatic heterocycles. The third-order valence-electron chi connectivity index (χ3n) is 12.9. The summed E-state index contributed by atoms with van der Waals surface area (Å²) in [5, 5.41) is 0. The van der Waals surface area contributed by atoms with Gasteiger partial charge in [-0.2, -0.15) is 13.2 Å². The highest BCUT2D eigenvalue weighted by Gasteiger charge is 2.70. The largest absolute Gasteiger partial charge is 0.419 e. The minimum atomic E-state index is -4.74. The zero-order chi connectivity index (χ0) is 30.1. The first-order valence-electron chi connectivity index (χ1n) is 15.1. The van der Waals surface area contributed by atoms with E-state index in [2.05, 4.69) is 27.7 Å². The maximum Gasteiger partial charge on any atom is 0.419 e.